The Morgan fingerprint density at radius 3 is 2.82 bits per heavy atom. The van der Waals surface area contributed by atoms with Crippen molar-refractivity contribution in [1.82, 2.24) is 14.5 Å². The second kappa shape index (κ2) is 6.07. The number of sulfonamides is 1. The van der Waals surface area contributed by atoms with Crippen LogP contribution in [0.3, 0.4) is 0 Å². The standard InChI is InChI=1S/C14H15N3O3S2/c1-11-5-6-14(21-11)22(18,19)16-10-12(13-4-2-9-20-13)17-8-3-7-15-17/h2-9,12,16H,10H2,1H3. The van der Waals surface area contributed by atoms with Crippen molar-refractivity contribution in [2.75, 3.05) is 6.54 Å². The maximum absolute atomic E-state index is 12.3. The van der Waals surface area contributed by atoms with E-state index in [2.05, 4.69) is 9.82 Å². The molecule has 0 aromatic carbocycles. The van der Waals surface area contributed by atoms with Crippen LogP contribution in [0, 0.1) is 6.92 Å². The molecule has 0 bridgehead atoms. The van der Waals surface area contributed by atoms with Crippen LogP contribution in [0.1, 0.15) is 16.7 Å². The van der Waals surface area contributed by atoms with E-state index in [-0.39, 0.29) is 12.6 Å². The van der Waals surface area contributed by atoms with Gasteiger partial charge < -0.3 is 4.42 Å². The van der Waals surface area contributed by atoms with Crippen LogP contribution in [0.25, 0.3) is 0 Å². The van der Waals surface area contributed by atoms with Gasteiger partial charge in [-0.15, -0.1) is 11.3 Å². The molecular weight excluding hydrogens is 322 g/mol. The van der Waals surface area contributed by atoms with Gasteiger partial charge in [0.05, 0.1) is 6.26 Å². The summed E-state index contributed by atoms with van der Waals surface area (Å²) in [5, 5.41) is 4.17. The third-order valence-electron chi connectivity index (χ3n) is 3.16. The molecule has 0 spiro atoms. The lowest BCUT2D eigenvalue weighted by atomic mass is 10.2. The quantitative estimate of drug-likeness (QED) is 0.749. The monoisotopic (exact) mass is 337 g/mol. The molecule has 22 heavy (non-hydrogen) atoms. The van der Waals surface area contributed by atoms with E-state index in [0.717, 1.165) is 4.88 Å². The fourth-order valence-corrected chi connectivity index (χ4v) is 4.45. The number of aromatic nitrogens is 2. The van der Waals surface area contributed by atoms with E-state index in [1.165, 1.54) is 11.3 Å². The van der Waals surface area contributed by atoms with Crippen LogP contribution in [-0.4, -0.2) is 24.7 Å². The van der Waals surface area contributed by atoms with Crippen LogP contribution < -0.4 is 4.72 Å². The molecule has 0 amide bonds. The number of aryl methyl sites for hydroxylation is 1. The fourth-order valence-electron chi connectivity index (χ4n) is 2.09. The highest BCUT2D eigenvalue weighted by Gasteiger charge is 2.22. The number of hydrogen-bond donors (Lipinski definition) is 1. The van der Waals surface area contributed by atoms with Crippen LogP contribution in [0.15, 0.2) is 57.6 Å². The zero-order chi connectivity index (χ0) is 15.6. The predicted octanol–water partition coefficient (Wildman–Crippen LogP) is 2.41. The van der Waals surface area contributed by atoms with E-state index in [1.54, 1.807) is 53.7 Å². The van der Waals surface area contributed by atoms with Crippen molar-refractivity contribution in [1.29, 1.82) is 0 Å². The highest BCUT2D eigenvalue weighted by atomic mass is 32.2. The van der Waals surface area contributed by atoms with Crippen LogP contribution in [0.2, 0.25) is 0 Å². The van der Waals surface area contributed by atoms with Crippen molar-refractivity contribution in [2.45, 2.75) is 17.2 Å². The molecule has 0 aliphatic heterocycles. The second-order valence-corrected chi connectivity index (χ2v) is 8.02. The van der Waals surface area contributed by atoms with Crippen molar-refractivity contribution in [3.63, 3.8) is 0 Å². The molecule has 3 rings (SSSR count). The molecule has 0 aliphatic rings. The third-order valence-corrected chi connectivity index (χ3v) is 6.08. The highest BCUT2D eigenvalue weighted by Crippen LogP contribution is 2.22. The zero-order valence-corrected chi connectivity index (χ0v) is 13.5. The van der Waals surface area contributed by atoms with E-state index in [1.807, 2.05) is 6.92 Å². The molecule has 0 saturated heterocycles. The summed E-state index contributed by atoms with van der Waals surface area (Å²) in [5.41, 5.74) is 0. The third kappa shape index (κ3) is 3.13. The van der Waals surface area contributed by atoms with Gasteiger partial charge in [0.15, 0.2) is 0 Å². The Bertz CT molecular complexity index is 786. The van der Waals surface area contributed by atoms with Gasteiger partial charge >= 0.3 is 0 Å². The summed E-state index contributed by atoms with van der Waals surface area (Å²) in [6.07, 6.45) is 4.98. The first kappa shape index (κ1) is 15.0. The number of rotatable bonds is 6. The Labute approximate surface area is 132 Å². The Balaban J connectivity index is 1.80. The van der Waals surface area contributed by atoms with Gasteiger partial charge in [-0.3, -0.25) is 4.68 Å². The normalized spacial score (nSPS) is 13.3. The lowest BCUT2D eigenvalue weighted by molar-refractivity contribution is 0.402. The van der Waals surface area contributed by atoms with E-state index >= 15 is 0 Å². The minimum atomic E-state index is -3.53. The number of nitrogens with one attached hydrogen (secondary N) is 1. The Morgan fingerprint density at radius 1 is 1.36 bits per heavy atom. The number of nitrogens with zero attached hydrogens (tertiary/aromatic N) is 2. The second-order valence-electron chi connectivity index (χ2n) is 4.73. The summed E-state index contributed by atoms with van der Waals surface area (Å²) in [5.74, 6) is 0.647. The van der Waals surface area contributed by atoms with Gasteiger partial charge in [0.25, 0.3) is 0 Å². The average Bonchev–Trinajstić information content (AvgIpc) is 3.20. The Kier molecular flexibility index (Phi) is 4.14. The van der Waals surface area contributed by atoms with Crippen molar-refractivity contribution in [3.05, 3.63) is 59.6 Å². The molecule has 0 aliphatic carbocycles. The highest BCUT2D eigenvalue weighted by molar-refractivity contribution is 7.91. The summed E-state index contributed by atoms with van der Waals surface area (Å²) in [4.78, 5) is 0.954. The van der Waals surface area contributed by atoms with Crippen LogP contribution in [0.4, 0.5) is 0 Å². The van der Waals surface area contributed by atoms with E-state index in [4.69, 9.17) is 4.42 Å². The van der Waals surface area contributed by atoms with E-state index < -0.39 is 10.0 Å². The molecule has 116 valence electrons. The van der Waals surface area contributed by atoms with Gasteiger partial charge in [0.2, 0.25) is 10.0 Å². The fraction of sp³-hybridized carbons (Fsp3) is 0.214. The summed E-state index contributed by atoms with van der Waals surface area (Å²) < 4.78 is 34.7. The molecule has 1 unspecified atom stereocenters. The summed E-state index contributed by atoms with van der Waals surface area (Å²) >= 11 is 1.24. The Hall–Kier alpha value is -1.90. The van der Waals surface area contributed by atoms with Crippen molar-refractivity contribution < 1.29 is 12.8 Å². The molecule has 0 radical (unpaired) electrons. The van der Waals surface area contributed by atoms with Crippen molar-refractivity contribution in [2.24, 2.45) is 0 Å². The van der Waals surface area contributed by atoms with E-state index in [0.29, 0.717) is 9.97 Å². The summed E-state index contributed by atoms with van der Waals surface area (Å²) in [6, 6.07) is 8.42. The van der Waals surface area contributed by atoms with Gasteiger partial charge in [-0.05, 0) is 37.3 Å². The SMILES string of the molecule is Cc1ccc(S(=O)(=O)NCC(c2ccco2)n2cccn2)s1. The number of thiophene rings is 1. The maximum Gasteiger partial charge on any atom is 0.250 e. The minimum Gasteiger partial charge on any atom is -0.467 e. The molecule has 0 fully saturated rings. The number of hydrogen-bond acceptors (Lipinski definition) is 5. The maximum atomic E-state index is 12.3. The van der Waals surface area contributed by atoms with Crippen molar-refractivity contribution in [3.8, 4) is 0 Å². The molecule has 1 N–H and O–H groups in total. The summed E-state index contributed by atoms with van der Waals surface area (Å²) in [6.45, 7) is 2.04. The van der Waals surface area contributed by atoms with Gasteiger partial charge in [-0.25, -0.2) is 13.1 Å². The first-order chi connectivity index (χ1) is 10.6. The van der Waals surface area contributed by atoms with Gasteiger partial charge in [-0.1, -0.05) is 0 Å². The average molecular weight is 337 g/mol. The van der Waals surface area contributed by atoms with E-state index in [9.17, 15) is 8.42 Å². The summed E-state index contributed by atoms with van der Waals surface area (Å²) in [7, 11) is -3.53. The molecule has 6 nitrogen and oxygen atoms in total. The van der Waals surface area contributed by atoms with Crippen molar-refractivity contribution >= 4 is 21.4 Å². The van der Waals surface area contributed by atoms with Gasteiger partial charge in [-0.2, -0.15) is 5.10 Å². The topological polar surface area (TPSA) is 77.1 Å². The molecule has 3 aromatic rings. The number of furan rings is 1. The molecule has 3 heterocycles. The zero-order valence-electron chi connectivity index (χ0n) is 11.8. The first-order valence-electron chi connectivity index (χ1n) is 6.65. The lowest BCUT2D eigenvalue weighted by Crippen LogP contribution is -2.31. The van der Waals surface area contributed by atoms with Gasteiger partial charge in [0.1, 0.15) is 16.0 Å². The largest absolute Gasteiger partial charge is 0.467 e. The predicted molar refractivity (Wildman–Crippen MR) is 83.3 cm³/mol. The van der Waals surface area contributed by atoms with Crippen LogP contribution in [0.5, 0.6) is 0 Å². The molecule has 1 atom stereocenters. The van der Waals surface area contributed by atoms with Gasteiger partial charge in [0, 0.05) is 23.8 Å². The lowest BCUT2D eigenvalue weighted by Gasteiger charge is -2.16. The molecule has 8 heteroatoms. The Morgan fingerprint density at radius 2 is 2.23 bits per heavy atom. The molecular formula is C14H15N3O3S2. The molecule has 0 saturated carbocycles. The smallest absolute Gasteiger partial charge is 0.250 e. The van der Waals surface area contributed by atoms with Crippen LogP contribution >= 0.6 is 11.3 Å². The molecule has 3 aromatic heterocycles. The minimum absolute atomic E-state index is 0.161. The van der Waals surface area contributed by atoms with Crippen LogP contribution in [-0.2, 0) is 10.0 Å². The first-order valence-corrected chi connectivity index (χ1v) is 8.95.